The highest BCUT2D eigenvalue weighted by Crippen LogP contribution is 2.28. The zero-order chi connectivity index (χ0) is 28.5. The molecule has 4 rings (SSSR count). The molecule has 0 aliphatic rings. The highest BCUT2D eigenvalue weighted by molar-refractivity contribution is 7.99. The van der Waals surface area contributed by atoms with E-state index in [9.17, 15) is 9.59 Å². The van der Waals surface area contributed by atoms with E-state index in [-0.39, 0.29) is 24.1 Å². The van der Waals surface area contributed by atoms with Gasteiger partial charge in [0, 0.05) is 11.3 Å². The predicted molar refractivity (Wildman–Crippen MR) is 160 cm³/mol. The molecule has 0 aliphatic heterocycles. The van der Waals surface area contributed by atoms with Crippen molar-refractivity contribution in [1.82, 2.24) is 20.1 Å². The number of amides is 2. The molecule has 0 aliphatic carbocycles. The number of halogens is 2. The minimum absolute atomic E-state index is 0.0941. The van der Waals surface area contributed by atoms with Crippen molar-refractivity contribution in [3.8, 4) is 11.4 Å². The van der Waals surface area contributed by atoms with Gasteiger partial charge in [-0.1, -0.05) is 60.4 Å². The Kier molecular flexibility index (Phi) is 10.5. The minimum atomic E-state index is -0.268. The molecule has 2 N–H and O–H groups in total. The SMILES string of the molecule is CCCCOc1ccc(C(=O)NCc2nnc(SCC(=O)Nc3cccc(C)c3)n2-c2ccc(Cl)c(Cl)c2)cc1. The average Bonchev–Trinajstić information content (AvgIpc) is 3.35. The summed E-state index contributed by atoms with van der Waals surface area (Å²) in [5.41, 5.74) is 2.91. The first-order chi connectivity index (χ1) is 19.3. The number of unbranched alkanes of at least 4 members (excludes halogenated alkanes) is 1. The van der Waals surface area contributed by atoms with Crippen LogP contribution < -0.4 is 15.4 Å². The fraction of sp³-hybridized carbons (Fsp3) is 0.241. The van der Waals surface area contributed by atoms with Crippen LogP contribution in [0.4, 0.5) is 5.69 Å². The molecule has 11 heteroatoms. The Bertz CT molecular complexity index is 1480. The number of hydrogen-bond acceptors (Lipinski definition) is 6. The van der Waals surface area contributed by atoms with Crippen LogP contribution in [0.3, 0.4) is 0 Å². The molecule has 0 atom stereocenters. The molecule has 0 saturated heterocycles. The third-order valence-corrected chi connectivity index (χ3v) is 7.45. The first-order valence-electron chi connectivity index (χ1n) is 12.7. The number of thioether (sulfide) groups is 1. The number of carbonyl (C=O) groups is 2. The van der Waals surface area contributed by atoms with Gasteiger partial charge in [-0.3, -0.25) is 14.2 Å². The zero-order valence-electron chi connectivity index (χ0n) is 22.1. The summed E-state index contributed by atoms with van der Waals surface area (Å²) in [4.78, 5) is 25.5. The standard InChI is InChI=1S/C29H29Cl2N5O3S/c1-3-4-14-39-23-11-8-20(9-12-23)28(38)32-17-26-34-35-29(36(26)22-10-13-24(30)25(31)16-22)40-18-27(37)33-21-7-5-6-19(2)15-21/h5-13,15-16H,3-4,14,17-18H2,1-2H3,(H,32,38)(H,33,37). The summed E-state index contributed by atoms with van der Waals surface area (Å²) in [6.07, 6.45) is 2.02. The van der Waals surface area contributed by atoms with Gasteiger partial charge in [-0.15, -0.1) is 10.2 Å². The maximum Gasteiger partial charge on any atom is 0.251 e. The first kappa shape index (κ1) is 29.5. The second kappa shape index (κ2) is 14.2. The van der Waals surface area contributed by atoms with Gasteiger partial charge in [-0.2, -0.15) is 0 Å². The van der Waals surface area contributed by atoms with E-state index < -0.39 is 0 Å². The van der Waals surface area contributed by atoms with Gasteiger partial charge in [0.05, 0.1) is 34.6 Å². The van der Waals surface area contributed by atoms with E-state index in [1.54, 1.807) is 47.0 Å². The summed E-state index contributed by atoms with van der Waals surface area (Å²) in [6.45, 7) is 4.80. The van der Waals surface area contributed by atoms with Crippen LogP contribution in [0, 0.1) is 6.92 Å². The van der Waals surface area contributed by atoms with Gasteiger partial charge in [0.1, 0.15) is 5.75 Å². The van der Waals surface area contributed by atoms with Gasteiger partial charge >= 0.3 is 0 Å². The van der Waals surface area contributed by atoms with Crippen LogP contribution in [0.2, 0.25) is 10.0 Å². The molecule has 40 heavy (non-hydrogen) atoms. The molecule has 4 aromatic rings. The van der Waals surface area contributed by atoms with Crippen molar-refractivity contribution in [3.05, 3.63) is 93.7 Å². The lowest BCUT2D eigenvalue weighted by Gasteiger charge is -2.12. The largest absolute Gasteiger partial charge is 0.494 e. The lowest BCUT2D eigenvalue weighted by Crippen LogP contribution is -2.24. The van der Waals surface area contributed by atoms with E-state index >= 15 is 0 Å². The molecule has 0 bridgehead atoms. The number of aromatic nitrogens is 3. The van der Waals surface area contributed by atoms with Crippen LogP contribution in [0.5, 0.6) is 5.75 Å². The number of anilines is 1. The lowest BCUT2D eigenvalue weighted by molar-refractivity contribution is -0.113. The number of aryl methyl sites for hydroxylation is 1. The number of ether oxygens (including phenoxy) is 1. The molecule has 0 fully saturated rings. The van der Waals surface area contributed by atoms with Crippen molar-refractivity contribution in [1.29, 1.82) is 0 Å². The minimum Gasteiger partial charge on any atom is -0.494 e. The Balaban J connectivity index is 1.47. The van der Waals surface area contributed by atoms with E-state index in [0.29, 0.717) is 38.9 Å². The van der Waals surface area contributed by atoms with Crippen molar-refractivity contribution in [3.63, 3.8) is 0 Å². The van der Waals surface area contributed by atoms with Crippen LogP contribution >= 0.6 is 35.0 Å². The number of hydrogen-bond donors (Lipinski definition) is 2. The van der Waals surface area contributed by atoms with Crippen LogP contribution in [0.25, 0.3) is 5.69 Å². The Labute approximate surface area is 247 Å². The maximum atomic E-state index is 12.8. The van der Waals surface area contributed by atoms with E-state index in [1.807, 2.05) is 31.2 Å². The smallest absolute Gasteiger partial charge is 0.251 e. The van der Waals surface area contributed by atoms with E-state index in [0.717, 1.165) is 29.8 Å². The van der Waals surface area contributed by atoms with Gasteiger partial charge in [-0.25, -0.2) is 0 Å². The van der Waals surface area contributed by atoms with Crippen molar-refractivity contribution in [2.24, 2.45) is 0 Å². The van der Waals surface area contributed by atoms with Crippen LogP contribution in [0.1, 0.15) is 41.5 Å². The fourth-order valence-electron chi connectivity index (χ4n) is 3.74. The van der Waals surface area contributed by atoms with E-state index in [1.165, 1.54) is 11.8 Å². The summed E-state index contributed by atoms with van der Waals surface area (Å²) >= 11 is 13.6. The molecule has 8 nitrogen and oxygen atoms in total. The monoisotopic (exact) mass is 597 g/mol. The number of carbonyl (C=O) groups excluding carboxylic acids is 2. The summed E-state index contributed by atoms with van der Waals surface area (Å²) < 4.78 is 7.42. The van der Waals surface area contributed by atoms with E-state index in [2.05, 4.69) is 27.8 Å². The highest BCUT2D eigenvalue weighted by atomic mass is 35.5. The molecule has 0 saturated carbocycles. The fourth-order valence-corrected chi connectivity index (χ4v) is 4.80. The summed E-state index contributed by atoms with van der Waals surface area (Å²) in [5, 5.41) is 15.6. The third-order valence-electron chi connectivity index (χ3n) is 5.79. The van der Waals surface area contributed by atoms with Crippen molar-refractivity contribution in [2.45, 2.75) is 38.4 Å². The van der Waals surface area contributed by atoms with Crippen LogP contribution in [-0.4, -0.2) is 38.9 Å². The number of benzene rings is 3. The Morgan fingerprint density at radius 3 is 2.52 bits per heavy atom. The number of nitrogens with one attached hydrogen (secondary N) is 2. The maximum absolute atomic E-state index is 12.8. The first-order valence-corrected chi connectivity index (χ1v) is 14.5. The van der Waals surface area contributed by atoms with Gasteiger partial charge in [-0.05, 0) is 73.5 Å². The summed E-state index contributed by atoms with van der Waals surface area (Å²) in [7, 11) is 0. The normalized spacial score (nSPS) is 10.8. The van der Waals surface area contributed by atoms with Crippen molar-refractivity contribution < 1.29 is 14.3 Å². The van der Waals surface area contributed by atoms with Crippen molar-refractivity contribution >= 4 is 52.5 Å². The number of rotatable bonds is 12. The predicted octanol–water partition coefficient (Wildman–Crippen LogP) is 6.72. The Morgan fingerprint density at radius 2 is 1.80 bits per heavy atom. The van der Waals surface area contributed by atoms with Crippen LogP contribution in [-0.2, 0) is 11.3 Å². The quantitative estimate of drug-likeness (QED) is 0.139. The second-order valence-corrected chi connectivity index (χ2v) is 10.7. The molecular weight excluding hydrogens is 569 g/mol. The summed E-state index contributed by atoms with van der Waals surface area (Å²) in [6, 6.07) is 19.7. The highest BCUT2D eigenvalue weighted by Gasteiger charge is 2.18. The molecule has 2 amide bonds. The Morgan fingerprint density at radius 1 is 1.00 bits per heavy atom. The Hall–Kier alpha value is -3.53. The van der Waals surface area contributed by atoms with Crippen LogP contribution in [0.15, 0.2) is 71.9 Å². The molecule has 1 aromatic heterocycles. The van der Waals surface area contributed by atoms with Gasteiger partial charge < -0.3 is 15.4 Å². The van der Waals surface area contributed by atoms with Gasteiger partial charge in [0.2, 0.25) is 5.91 Å². The van der Waals surface area contributed by atoms with Crippen molar-refractivity contribution in [2.75, 3.05) is 17.7 Å². The van der Waals surface area contributed by atoms with E-state index in [4.69, 9.17) is 27.9 Å². The second-order valence-electron chi connectivity index (χ2n) is 8.95. The lowest BCUT2D eigenvalue weighted by atomic mass is 10.2. The molecule has 3 aromatic carbocycles. The number of nitrogens with zero attached hydrogens (tertiary/aromatic N) is 3. The average molecular weight is 599 g/mol. The van der Waals surface area contributed by atoms with Gasteiger partial charge in [0.25, 0.3) is 5.91 Å². The molecule has 0 spiro atoms. The molecular formula is C29H29Cl2N5O3S. The molecule has 0 radical (unpaired) electrons. The molecule has 208 valence electrons. The van der Waals surface area contributed by atoms with Gasteiger partial charge in [0.15, 0.2) is 11.0 Å². The molecule has 0 unspecified atom stereocenters. The zero-order valence-corrected chi connectivity index (χ0v) is 24.4. The third kappa shape index (κ3) is 8.00. The topological polar surface area (TPSA) is 98.1 Å². The molecule has 1 heterocycles. The summed E-state index contributed by atoms with van der Waals surface area (Å²) in [5.74, 6) is 0.837.